The van der Waals surface area contributed by atoms with Crippen LogP contribution in [0.3, 0.4) is 0 Å². The highest BCUT2D eigenvalue weighted by Crippen LogP contribution is 2.07. The Morgan fingerprint density at radius 1 is 0.800 bits per heavy atom. The summed E-state index contributed by atoms with van der Waals surface area (Å²) in [6.07, 6.45) is 0. The van der Waals surface area contributed by atoms with E-state index in [-0.39, 0.29) is 0 Å². The third-order valence-electron chi connectivity index (χ3n) is 3.15. The zero-order valence-electron chi connectivity index (χ0n) is 12.2. The second-order valence-corrected chi connectivity index (χ2v) is 9.20. The maximum atomic E-state index is 3.51. The van der Waals surface area contributed by atoms with E-state index in [0.29, 0.717) is 0 Å². The molecule has 0 N–H and O–H groups in total. The van der Waals surface area contributed by atoms with Gasteiger partial charge >= 0.3 is 0 Å². The van der Waals surface area contributed by atoms with Crippen LogP contribution in [0, 0.1) is 23.3 Å². The Hall–Kier alpha value is -2.22. The van der Waals surface area contributed by atoms with Gasteiger partial charge in [-0.15, -0.1) is 11.5 Å². The lowest BCUT2D eigenvalue weighted by Gasteiger charge is -2.17. The summed E-state index contributed by atoms with van der Waals surface area (Å²) in [5, 5.41) is 1.32. The minimum atomic E-state index is -1.81. The molecule has 2 aromatic carbocycles. The van der Waals surface area contributed by atoms with Crippen molar-refractivity contribution in [2.24, 2.45) is 0 Å². The van der Waals surface area contributed by atoms with Crippen molar-refractivity contribution in [3.63, 3.8) is 0 Å². The first kappa shape index (κ1) is 14.2. The number of hydrogen-bond acceptors (Lipinski definition) is 0. The molecule has 0 saturated carbocycles. The van der Waals surface area contributed by atoms with E-state index in [9.17, 15) is 0 Å². The predicted molar refractivity (Wildman–Crippen MR) is 89.4 cm³/mol. The van der Waals surface area contributed by atoms with Gasteiger partial charge in [0.1, 0.15) is 0 Å². The fourth-order valence-electron chi connectivity index (χ4n) is 2.09. The van der Waals surface area contributed by atoms with E-state index in [4.69, 9.17) is 0 Å². The molecular weight excluding hydrogens is 256 g/mol. The summed E-state index contributed by atoms with van der Waals surface area (Å²) in [6.45, 7) is 6.43. The van der Waals surface area contributed by atoms with Crippen LogP contribution in [0.2, 0.25) is 13.1 Å². The molecule has 0 aliphatic carbocycles. The van der Waals surface area contributed by atoms with E-state index in [0.717, 1.165) is 11.1 Å². The largest absolute Gasteiger partial charge is 0.164 e. The molecule has 2 rings (SSSR count). The molecule has 0 nitrogen and oxygen atoms in total. The van der Waals surface area contributed by atoms with Gasteiger partial charge in [0.2, 0.25) is 0 Å². The van der Waals surface area contributed by atoms with Gasteiger partial charge in [0.25, 0.3) is 0 Å². The van der Waals surface area contributed by atoms with Crippen LogP contribution >= 0.6 is 0 Å². The van der Waals surface area contributed by atoms with Gasteiger partial charge in [-0.1, -0.05) is 61.3 Å². The molecule has 0 heterocycles. The molecule has 0 spiro atoms. The van der Waals surface area contributed by atoms with Crippen molar-refractivity contribution in [2.75, 3.05) is 0 Å². The molecule has 0 radical (unpaired) electrons. The first-order valence-electron chi connectivity index (χ1n) is 6.74. The summed E-state index contributed by atoms with van der Waals surface area (Å²) in [5.74, 6) is 9.51. The predicted octanol–water partition coefficient (Wildman–Crippen LogP) is 3.56. The van der Waals surface area contributed by atoms with E-state index in [2.05, 4.69) is 66.7 Å². The number of hydrogen-bond donors (Lipinski definition) is 0. The molecule has 20 heavy (non-hydrogen) atoms. The topological polar surface area (TPSA) is 0 Å². The Bertz CT molecular complexity index is 704. The van der Waals surface area contributed by atoms with E-state index >= 15 is 0 Å². The first-order valence-corrected chi connectivity index (χ1v) is 9.74. The van der Waals surface area contributed by atoms with E-state index in [1.54, 1.807) is 0 Å². The maximum Gasteiger partial charge on any atom is 0.164 e. The summed E-state index contributed by atoms with van der Waals surface area (Å²) in [4.78, 5) is 0. The van der Waals surface area contributed by atoms with Crippen LogP contribution in [0.4, 0.5) is 0 Å². The molecule has 0 atom stereocenters. The van der Waals surface area contributed by atoms with E-state index < -0.39 is 8.07 Å². The average Bonchev–Trinajstić information content (AvgIpc) is 2.47. The third-order valence-corrected chi connectivity index (χ3v) is 5.69. The summed E-state index contributed by atoms with van der Waals surface area (Å²) >= 11 is 0. The summed E-state index contributed by atoms with van der Waals surface area (Å²) in [5.41, 5.74) is 5.71. The molecule has 98 valence electrons. The molecular formula is C19H18Si. The van der Waals surface area contributed by atoms with Gasteiger partial charge < -0.3 is 0 Å². The van der Waals surface area contributed by atoms with Crippen LogP contribution in [0.25, 0.3) is 0 Å². The summed E-state index contributed by atoms with van der Waals surface area (Å²) < 4.78 is 0. The average molecular weight is 274 g/mol. The second-order valence-electron chi connectivity index (χ2n) is 5.16. The molecule has 0 aliphatic rings. The van der Waals surface area contributed by atoms with Crippen LogP contribution in [0.1, 0.15) is 18.1 Å². The molecule has 0 saturated heterocycles. The van der Waals surface area contributed by atoms with Crippen molar-refractivity contribution in [1.82, 2.24) is 0 Å². The Labute approximate surface area is 122 Å². The Morgan fingerprint density at radius 3 is 2.15 bits per heavy atom. The summed E-state index contributed by atoms with van der Waals surface area (Å²) in [6, 6.07) is 18.5. The Balaban J connectivity index is 2.40. The highest BCUT2D eigenvalue weighted by molar-refractivity contribution is 6.96. The van der Waals surface area contributed by atoms with Gasteiger partial charge in [0, 0.05) is 11.1 Å². The SMILES string of the molecule is CC#Cc1ccccc1[Si](C)(C)C#Cc1ccccc1. The molecule has 1 heteroatoms. The molecule has 0 fully saturated rings. The summed E-state index contributed by atoms with van der Waals surface area (Å²) in [7, 11) is -1.81. The van der Waals surface area contributed by atoms with Gasteiger partial charge in [0.15, 0.2) is 8.07 Å². The van der Waals surface area contributed by atoms with Gasteiger partial charge in [0.05, 0.1) is 0 Å². The highest BCUT2D eigenvalue weighted by Gasteiger charge is 2.23. The first-order chi connectivity index (χ1) is 9.63. The van der Waals surface area contributed by atoms with Crippen molar-refractivity contribution >= 4 is 13.3 Å². The second kappa shape index (κ2) is 6.28. The maximum absolute atomic E-state index is 3.51. The van der Waals surface area contributed by atoms with Crippen LogP contribution < -0.4 is 5.19 Å². The van der Waals surface area contributed by atoms with Gasteiger partial charge in [-0.25, -0.2) is 0 Å². The highest BCUT2D eigenvalue weighted by atomic mass is 28.3. The fraction of sp³-hybridized carbons (Fsp3) is 0.158. The van der Waals surface area contributed by atoms with Gasteiger partial charge in [-0.3, -0.25) is 0 Å². The van der Waals surface area contributed by atoms with Crippen LogP contribution in [0.5, 0.6) is 0 Å². The molecule has 2 aromatic rings. The van der Waals surface area contributed by atoms with Crippen molar-refractivity contribution in [2.45, 2.75) is 20.0 Å². The molecule has 0 amide bonds. The van der Waals surface area contributed by atoms with Crippen molar-refractivity contribution in [1.29, 1.82) is 0 Å². The monoisotopic (exact) mass is 274 g/mol. The standard InChI is InChI=1S/C19H18Si/c1-4-10-18-13-8-9-14-19(18)20(2,3)16-15-17-11-6-5-7-12-17/h5-9,11-14H,1-3H3. The molecule has 0 aromatic heterocycles. The quantitative estimate of drug-likeness (QED) is 0.551. The lowest BCUT2D eigenvalue weighted by atomic mass is 10.2. The minimum absolute atomic E-state index is 1.08. The van der Waals surface area contributed by atoms with E-state index in [1.165, 1.54) is 5.19 Å². The minimum Gasteiger partial charge on any atom is -0.121 e. The van der Waals surface area contributed by atoms with Crippen molar-refractivity contribution < 1.29 is 0 Å². The van der Waals surface area contributed by atoms with Gasteiger partial charge in [-0.05, 0) is 30.3 Å². The zero-order valence-corrected chi connectivity index (χ0v) is 13.2. The van der Waals surface area contributed by atoms with Crippen LogP contribution in [-0.2, 0) is 0 Å². The lowest BCUT2D eigenvalue weighted by Crippen LogP contribution is -2.42. The zero-order chi connectivity index (χ0) is 14.4. The van der Waals surface area contributed by atoms with E-state index in [1.807, 2.05) is 31.2 Å². The Morgan fingerprint density at radius 2 is 1.45 bits per heavy atom. The van der Waals surface area contributed by atoms with Gasteiger partial charge in [-0.2, -0.15) is 0 Å². The normalized spacial score (nSPS) is 9.95. The lowest BCUT2D eigenvalue weighted by molar-refractivity contribution is 1.64. The molecule has 0 unspecified atom stereocenters. The number of benzene rings is 2. The fourth-order valence-corrected chi connectivity index (χ4v) is 4.01. The van der Waals surface area contributed by atoms with Crippen molar-refractivity contribution in [3.8, 4) is 23.3 Å². The Kier molecular flexibility index (Phi) is 4.46. The van der Waals surface area contributed by atoms with Crippen molar-refractivity contribution in [3.05, 3.63) is 65.7 Å². The van der Waals surface area contributed by atoms with Crippen LogP contribution in [-0.4, -0.2) is 8.07 Å². The third kappa shape index (κ3) is 3.41. The smallest absolute Gasteiger partial charge is 0.121 e. The number of rotatable bonds is 1. The molecule has 0 bridgehead atoms. The molecule has 0 aliphatic heterocycles. The van der Waals surface area contributed by atoms with Crippen LogP contribution in [0.15, 0.2) is 54.6 Å².